The van der Waals surface area contributed by atoms with Crippen LogP contribution in [0.2, 0.25) is 0 Å². The lowest BCUT2D eigenvalue weighted by Crippen LogP contribution is -2.29. The molecule has 11 heteroatoms. The van der Waals surface area contributed by atoms with E-state index < -0.39 is 17.7 Å². The molecule has 3 aromatic heterocycles. The van der Waals surface area contributed by atoms with Gasteiger partial charge in [-0.15, -0.1) is 10.2 Å². The number of Topliss-reactive ketones (excluding diaryl/α,β-unsaturated/α-hetero) is 1. The van der Waals surface area contributed by atoms with E-state index in [0.29, 0.717) is 45.0 Å². The number of benzene rings is 2. The highest BCUT2D eigenvalue weighted by Crippen LogP contribution is 2.45. The number of carbonyl (C=O) groups excluding carboxylic acids is 2. The number of aliphatic hydroxyl groups excluding tert-OH is 1. The van der Waals surface area contributed by atoms with Gasteiger partial charge in [0.25, 0.3) is 5.78 Å². The van der Waals surface area contributed by atoms with E-state index in [2.05, 4.69) is 22.1 Å². The Morgan fingerprint density at radius 1 is 1.02 bits per heavy atom. The van der Waals surface area contributed by atoms with Crippen LogP contribution in [0.3, 0.4) is 0 Å². The number of thioether (sulfide) groups is 1. The van der Waals surface area contributed by atoms with Gasteiger partial charge in [0, 0.05) is 11.9 Å². The second-order valence-electron chi connectivity index (χ2n) is 10.4. The topological polar surface area (TPSA) is 110 Å². The van der Waals surface area contributed by atoms with Crippen LogP contribution >= 0.6 is 23.1 Å². The first kappa shape index (κ1) is 29.6. The minimum Gasteiger partial charge on any atom is -0.505 e. The number of nitrogens with zero attached hydrogens (tertiary/aromatic N) is 5. The number of imidazole rings is 1. The predicted octanol–water partition coefficient (Wildman–Crippen LogP) is 6.98. The van der Waals surface area contributed by atoms with Gasteiger partial charge in [-0.05, 0) is 48.7 Å². The number of ketones is 1. The van der Waals surface area contributed by atoms with Gasteiger partial charge in [-0.3, -0.25) is 18.9 Å². The van der Waals surface area contributed by atoms with Crippen molar-refractivity contribution in [1.82, 2.24) is 19.6 Å². The minimum atomic E-state index is -0.956. The van der Waals surface area contributed by atoms with Crippen LogP contribution in [0.15, 0.2) is 88.9 Å². The number of hydrogen-bond acceptors (Lipinski definition) is 9. The first-order valence-corrected chi connectivity index (χ1v) is 16.2. The molecule has 44 heavy (non-hydrogen) atoms. The van der Waals surface area contributed by atoms with Crippen LogP contribution in [-0.4, -0.2) is 43.0 Å². The number of aromatic nitrogens is 4. The standard InChI is InChI=1S/C33H31N5O4S2/c1-3-4-10-18-42-24-15-11-14-23(19-24)28-26(29(39)27-21(2)34-25-16-8-9-17-37(25)27)30(40)31(41)38(28)32-35-36-33(44-32)43-20-22-12-6-5-7-13-22/h5-9,11-17,19,28,39H,3-4,10,18,20H2,1-2H3/b29-26+. The fourth-order valence-electron chi connectivity index (χ4n) is 5.27. The van der Waals surface area contributed by atoms with Crippen molar-refractivity contribution < 1.29 is 19.4 Å². The molecular formula is C33H31N5O4S2. The van der Waals surface area contributed by atoms with E-state index in [1.54, 1.807) is 17.5 Å². The lowest BCUT2D eigenvalue weighted by molar-refractivity contribution is -0.132. The van der Waals surface area contributed by atoms with Crippen molar-refractivity contribution in [1.29, 1.82) is 0 Å². The Labute approximate surface area is 263 Å². The molecule has 0 spiro atoms. The molecule has 9 nitrogen and oxygen atoms in total. The fourth-order valence-corrected chi connectivity index (χ4v) is 7.09. The summed E-state index contributed by atoms with van der Waals surface area (Å²) >= 11 is 2.74. The Morgan fingerprint density at radius 2 is 1.84 bits per heavy atom. The number of unbranched alkanes of at least 4 members (excludes halogenated alkanes) is 2. The summed E-state index contributed by atoms with van der Waals surface area (Å²) in [5, 5.41) is 20.7. The fraction of sp³-hybridized carbons (Fsp3) is 0.242. The van der Waals surface area contributed by atoms with Crippen LogP contribution < -0.4 is 9.64 Å². The summed E-state index contributed by atoms with van der Waals surface area (Å²) in [5.74, 6) is -0.590. The number of carbonyl (C=O) groups is 2. The van der Waals surface area contributed by atoms with Crippen molar-refractivity contribution in [3.63, 3.8) is 0 Å². The highest BCUT2D eigenvalue weighted by molar-refractivity contribution is 8.00. The summed E-state index contributed by atoms with van der Waals surface area (Å²) in [5.41, 5.74) is 3.20. The van der Waals surface area contributed by atoms with Crippen molar-refractivity contribution in [2.45, 2.75) is 49.2 Å². The number of anilines is 1. The van der Waals surface area contributed by atoms with Gasteiger partial charge in [-0.25, -0.2) is 4.98 Å². The Balaban J connectivity index is 1.42. The minimum absolute atomic E-state index is 0.0411. The summed E-state index contributed by atoms with van der Waals surface area (Å²) < 4.78 is 8.39. The van der Waals surface area contributed by atoms with Crippen molar-refractivity contribution in [2.24, 2.45) is 0 Å². The summed E-state index contributed by atoms with van der Waals surface area (Å²) in [7, 11) is 0. The number of pyridine rings is 1. The predicted molar refractivity (Wildman–Crippen MR) is 172 cm³/mol. The highest BCUT2D eigenvalue weighted by Gasteiger charge is 2.49. The van der Waals surface area contributed by atoms with E-state index in [1.807, 2.05) is 72.8 Å². The first-order valence-electron chi connectivity index (χ1n) is 14.4. The van der Waals surface area contributed by atoms with E-state index in [-0.39, 0.29) is 16.5 Å². The average Bonchev–Trinajstić information content (AvgIpc) is 3.72. The number of aryl methyl sites for hydroxylation is 1. The summed E-state index contributed by atoms with van der Waals surface area (Å²) in [6.45, 7) is 4.45. The maximum atomic E-state index is 13.8. The van der Waals surface area contributed by atoms with Crippen molar-refractivity contribution in [3.05, 3.63) is 107 Å². The van der Waals surface area contributed by atoms with Gasteiger partial charge in [0.15, 0.2) is 10.1 Å². The van der Waals surface area contributed by atoms with Gasteiger partial charge < -0.3 is 9.84 Å². The molecule has 2 aromatic carbocycles. The molecule has 6 rings (SSSR count). The number of hydrogen-bond donors (Lipinski definition) is 1. The molecule has 1 fully saturated rings. The molecule has 1 unspecified atom stereocenters. The van der Waals surface area contributed by atoms with E-state index >= 15 is 0 Å². The highest BCUT2D eigenvalue weighted by atomic mass is 32.2. The monoisotopic (exact) mass is 625 g/mol. The zero-order valence-corrected chi connectivity index (χ0v) is 26.0. The van der Waals surface area contributed by atoms with Crippen LogP contribution in [0.25, 0.3) is 11.4 Å². The van der Waals surface area contributed by atoms with Gasteiger partial charge in [0.2, 0.25) is 5.13 Å². The number of rotatable bonds is 11. The molecule has 1 aliphatic rings. The largest absolute Gasteiger partial charge is 0.505 e. The molecule has 1 aliphatic heterocycles. The van der Waals surface area contributed by atoms with Gasteiger partial charge in [-0.1, -0.05) is 91.4 Å². The second kappa shape index (κ2) is 13.0. The lowest BCUT2D eigenvalue weighted by Gasteiger charge is -2.23. The number of amides is 1. The molecule has 0 radical (unpaired) electrons. The van der Waals surface area contributed by atoms with Crippen LogP contribution in [-0.2, 0) is 15.3 Å². The third-order valence-electron chi connectivity index (χ3n) is 7.37. The number of fused-ring (bicyclic) bond motifs is 1. The summed E-state index contributed by atoms with van der Waals surface area (Å²) in [6.07, 6.45) is 4.82. The van der Waals surface area contributed by atoms with Gasteiger partial charge >= 0.3 is 5.91 Å². The molecule has 1 N–H and O–H groups in total. The molecule has 4 heterocycles. The maximum absolute atomic E-state index is 13.8. The average molecular weight is 626 g/mol. The molecule has 0 bridgehead atoms. The van der Waals surface area contributed by atoms with Crippen LogP contribution in [0.5, 0.6) is 5.75 Å². The molecule has 0 aliphatic carbocycles. The zero-order valence-electron chi connectivity index (χ0n) is 24.3. The third-order valence-corrected chi connectivity index (χ3v) is 9.50. The smallest absolute Gasteiger partial charge is 0.301 e. The molecule has 1 atom stereocenters. The van der Waals surface area contributed by atoms with E-state index in [9.17, 15) is 14.7 Å². The molecule has 1 amide bonds. The normalized spacial score (nSPS) is 16.2. The Hall–Kier alpha value is -4.48. The Morgan fingerprint density at radius 3 is 2.66 bits per heavy atom. The molecule has 5 aromatic rings. The van der Waals surface area contributed by atoms with Gasteiger partial charge in [-0.2, -0.15) is 0 Å². The zero-order chi connectivity index (χ0) is 30.6. The molecule has 1 saturated heterocycles. The van der Waals surface area contributed by atoms with E-state index in [1.165, 1.54) is 28.0 Å². The van der Waals surface area contributed by atoms with Gasteiger partial charge in [0.05, 0.1) is 23.9 Å². The second-order valence-corrected chi connectivity index (χ2v) is 12.6. The van der Waals surface area contributed by atoms with Crippen molar-refractivity contribution >= 4 is 51.3 Å². The third kappa shape index (κ3) is 5.85. The summed E-state index contributed by atoms with van der Waals surface area (Å²) in [4.78, 5) is 33.4. The number of ether oxygens (including phenoxy) is 1. The van der Waals surface area contributed by atoms with Crippen LogP contribution in [0.1, 0.15) is 54.7 Å². The maximum Gasteiger partial charge on any atom is 0.301 e. The first-order chi connectivity index (χ1) is 21.5. The van der Waals surface area contributed by atoms with E-state index in [0.717, 1.165) is 24.8 Å². The molecular weight excluding hydrogens is 595 g/mol. The molecule has 224 valence electrons. The van der Waals surface area contributed by atoms with Crippen LogP contribution in [0, 0.1) is 6.92 Å². The van der Waals surface area contributed by atoms with Crippen molar-refractivity contribution in [3.8, 4) is 5.75 Å². The Kier molecular flexibility index (Phi) is 8.76. The summed E-state index contributed by atoms with van der Waals surface area (Å²) in [6, 6.07) is 21.8. The van der Waals surface area contributed by atoms with E-state index in [4.69, 9.17) is 4.74 Å². The van der Waals surface area contributed by atoms with Gasteiger partial charge in [0.1, 0.15) is 17.1 Å². The Bertz CT molecular complexity index is 1850. The number of aliphatic hydroxyl groups is 1. The molecule has 0 saturated carbocycles. The van der Waals surface area contributed by atoms with Crippen LogP contribution in [0.4, 0.5) is 5.13 Å². The lowest BCUT2D eigenvalue weighted by atomic mass is 9.96. The van der Waals surface area contributed by atoms with Crippen molar-refractivity contribution in [2.75, 3.05) is 11.5 Å². The quantitative estimate of drug-likeness (QED) is 0.0418. The SMILES string of the molecule is CCCCCOc1cccc(C2/C(=C(\O)c3c(C)nc4ccccn34)C(=O)C(=O)N2c2nnc(SCc3ccccc3)s2)c1.